The summed E-state index contributed by atoms with van der Waals surface area (Å²) in [4.78, 5) is 13.6. The molecule has 166 valence electrons. The minimum atomic E-state index is 0.0498. The Morgan fingerprint density at radius 3 is 2.40 bits per heavy atom. The number of hydrogen-bond donors (Lipinski definition) is 4. The van der Waals surface area contributed by atoms with Gasteiger partial charge >= 0.3 is 0 Å². The number of nitrogens with zero attached hydrogens (tertiary/aromatic N) is 1. The molecule has 1 amide bonds. The Kier molecular flexibility index (Phi) is 14.1. The number of anilines is 1. The molecule has 1 aromatic rings. The van der Waals surface area contributed by atoms with Gasteiger partial charge in [-0.1, -0.05) is 30.4 Å². The first-order valence-electron chi connectivity index (χ1n) is 10.7. The van der Waals surface area contributed by atoms with Crippen molar-refractivity contribution >= 4 is 27.9 Å². The maximum Gasteiger partial charge on any atom is 0.220 e. The molecule has 0 heterocycles. The first-order valence-corrected chi connectivity index (χ1v) is 12.1. The number of carbonyl (C=O) groups excluding carboxylic acids is 1. The maximum absolute atomic E-state index is 11.7. The van der Waals surface area contributed by atoms with E-state index < -0.39 is 0 Å². The number of aliphatic hydroxyl groups excluding tert-OH is 2. The largest absolute Gasteiger partial charge is 0.395 e. The molecule has 0 fully saturated rings. The van der Waals surface area contributed by atoms with Crippen molar-refractivity contribution in [1.82, 2.24) is 10.6 Å². The van der Waals surface area contributed by atoms with E-state index in [9.17, 15) is 15.0 Å². The van der Waals surface area contributed by atoms with E-state index >= 15 is 0 Å². The Hall–Kier alpha value is -2.35. The van der Waals surface area contributed by atoms with E-state index in [0.717, 1.165) is 52.7 Å². The Balaban J connectivity index is 2.64. The van der Waals surface area contributed by atoms with Crippen LogP contribution in [0.3, 0.4) is 0 Å². The summed E-state index contributed by atoms with van der Waals surface area (Å²) >= 11 is 0. The van der Waals surface area contributed by atoms with Gasteiger partial charge in [-0.3, -0.25) is 4.79 Å². The quantitative estimate of drug-likeness (QED) is 0.191. The smallest absolute Gasteiger partial charge is 0.220 e. The molecule has 0 aliphatic rings. The summed E-state index contributed by atoms with van der Waals surface area (Å²) in [5.74, 6) is 0.124. The standard InChI is InChI=1S/C23H37N3O3Si/c1-2-3-5-21(24-13-4-6-23(29)25-14-19-30)10-7-20-8-11-22(12-9-20)26(15-17-27)16-18-28/h2-3,5,7-12,24,27-28H,4,6,13-19H2,1,30H3,(H,25,29)/b3-2-,10-7+,21-5-. The zero-order chi connectivity index (χ0) is 22.0. The average Bonchev–Trinajstić information content (AvgIpc) is 2.76. The molecule has 0 radical (unpaired) electrons. The van der Waals surface area contributed by atoms with Crippen LogP contribution < -0.4 is 15.5 Å². The van der Waals surface area contributed by atoms with Crippen molar-refractivity contribution in [2.45, 2.75) is 25.8 Å². The highest BCUT2D eigenvalue weighted by Crippen LogP contribution is 2.16. The van der Waals surface area contributed by atoms with Gasteiger partial charge in [-0.05, 0) is 49.2 Å². The van der Waals surface area contributed by atoms with E-state index in [1.807, 2.05) is 66.5 Å². The summed E-state index contributed by atoms with van der Waals surface area (Å²) < 4.78 is 0. The number of carbonyl (C=O) groups is 1. The van der Waals surface area contributed by atoms with Gasteiger partial charge in [0.05, 0.1) is 13.2 Å². The number of aliphatic hydroxyl groups is 2. The lowest BCUT2D eigenvalue weighted by molar-refractivity contribution is -0.121. The second kappa shape index (κ2) is 16.4. The molecule has 1 rings (SSSR count). The van der Waals surface area contributed by atoms with Crippen LogP contribution in [-0.2, 0) is 4.79 Å². The molecule has 7 heteroatoms. The Bertz CT molecular complexity index is 681. The van der Waals surface area contributed by atoms with Crippen LogP contribution in [0, 0.1) is 0 Å². The van der Waals surface area contributed by atoms with Crippen LogP contribution >= 0.6 is 0 Å². The van der Waals surface area contributed by atoms with Crippen molar-refractivity contribution in [3.05, 3.63) is 59.8 Å². The zero-order valence-electron chi connectivity index (χ0n) is 18.3. The first kappa shape index (κ1) is 25.7. The number of amides is 1. The first-order chi connectivity index (χ1) is 14.6. The van der Waals surface area contributed by atoms with Crippen LogP contribution in [0.1, 0.15) is 25.3 Å². The molecule has 1 aromatic carbocycles. The van der Waals surface area contributed by atoms with Crippen molar-refractivity contribution in [2.75, 3.05) is 44.3 Å². The van der Waals surface area contributed by atoms with Gasteiger partial charge in [0, 0.05) is 54.2 Å². The minimum absolute atomic E-state index is 0.0498. The third-order valence-electron chi connectivity index (χ3n) is 4.40. The third-order valence-corrected chi connectivity index (χ3v) is 4.90. The molecule has 0 aromatic heterocycles. The summed E-state index contributed by atoms with van der Waals surface area (Å²) in [6.45, 7) is 4.59. The Morgan fingerprint density at radius 1 is 1.10 bits per heavy atom. The minimum Gasteiger partial charge on any atom is -0.395 e. The normalized spacial score (nSPS) is 12.0. The summed E-state index contributed by atoms with van der Waals surface area (Å²) in [5, 5.41) is 24.7. The fourth-order valence-corrected chi connectivity index (χ4v) is 3.05. The van der Waals surface area contributed by atoms with E-state index in [0.29, 0.717) is 19.5 Å². The maximum atomic E-state index is 11.7. The van der Waals surface area contributed by atoms with Gasteiger partial charge in [-0.25, -0.2) is 0 Å². The van der Waals surface area contributed by atoms with Crippen LogP contribution in [-0.4, -0.2) is 65.8 Å². The highest BCUT2D eigenvalue weighted by molar-refractivity contribution is 6.08. The van der Waals surface area contributed by atoms with Gasteiger partial charge in [0.25, 0.3) is 0 Å². The highest BCUT2D eigenvalue weighted by atomic mass is 28.1. The van der Waals surface area contributed by atoms with Crippen molar-refractivity contribution < 1.29 is 15.0 Å². The van der Waals surface area contributed by atoms with Crippen molar-refractivity contribution in [3.63, 3.8) is 0 Å². The topological polar surface area (TPSA) is 84.8 Å². The second-order valence-electron chi connectivity index (χ2n) is 6.89. The molecule has 0 atom stereocenters. The summed E-state index contributed by atoms with van der Waals surface area (Å²) in [6, 6.07) is 9.10. The molecular formula is C23H37N3O3Si. The van der Waals surface area contributed by atoms with Gasteiger partial charge < -0.3 is 25.7 Å². The molecule has 0 saturated carbocycles. The van der Waals surface area contributed by atoms with Gasteiger partial charge in [0.1, 0.15) is 0 Å². The van der Waals surface area contributed by atoms with E-state index in [4.69, 9.17) is 0 Å². The Morgan fingerprint density at radius 2 is 1.80 bits per heavy atom. The summed E-state index contributed by atoms with van der Waals surface area (Å²) in [7, 11) is 1.12. The highest BCUT2D eigenvalue weighted by Gasteiger charge is 2.04. The summed E-state index contributed by atoms with van der Waals surface area (Å²) in [5.41, 5.74) is 3.02. The predicted molar refractivity (Wildman–Crippen MR) is 130 cm³/mol. The molecule has 0 unspecified atom stereocenters. The van der Waals surface area contributed by atoms with E-state index in [2.05, 4.69) is 10.6 Å². The molecule has 0 saturated heterocycles. The molecule has 4 N–H and O–H groups in total. The van der Waals surface area contributed by atoms with E-state index in [1.165, 1.54) is 0 Å². The second-order valence-corrected chi connectivity index (χ2v) is 7.89. The number of allylic oxidation sites excluding steroid dienone is 4. The molecule has 0 aliphatic heterocycles. The van der Waals surface area contributed by atoms with Gasteiger partial charge in [0.2, 0.25) is 5.91 Å². The molecular weight excluding hydrogens is 394 g/mol. The van der Waals surface area contributed by atoms with Crippen molar-refractivity contribution in [3.8, 4) is 0 Å². The molecule has 6 nitrogen and oxygen atoms in total. The van der Waals surface area contributed by atoms with Gasteiger partial charge in [-0.15, -0.1) is 0 Å². The Labute approximate surface area is 183 Å². The van der Waals surface area contributed by atoms with Crippen LogP contribution in [0.4, 0.5) is 5.69 Å². The number of nitrogens with one attached hydrogen (secondary N) is 2. The number of rotatable bonds is 15. The van der Waals surface area contributed by atoms with Crippen molar-refractivity contribution in [1.29, 1.82) is 0 Å². The third kappa shape index (κ3) is 11.0. The zero-order valence-corrected chi connectivity index (χ0v) is 20.3. The SMILES string of the molecule is C\C=C/C=C(/C=C/c1ccc(N(CCO)CCO)cc1)NCCCC(=O)NCC[SiH3]. The predicted octanol–water partition coefficient (Wildman–Crippen LogP) is 1.22. The number of hydrogen-bond acceptors (Lipinski definition) is 5. The van der Waals surface area contributed by atoms with Gasteiger partial charge in [-0.2, -0.15) is 0 Å². The fourth-order valence-electron chi connectivity index (χ4n) is 2.80. The molecule has 0 spiro atoms. The van der Waals surface area contributed by atoms with Crippen LogP contribution in [0.2, 0.25) is 6.04 Å². The van der Waals surface area contributed by atoms with Crippen LogP contribution in [0.25, 0.3) is 6.08 Å². The van der Waals surface area contributed by atoms with Gasteiger partial charge in [0.15, 0.2) is 0 Å². The fraction of sp³-hybridized carbons (Fsp3) is 0.435. The molecule has 0 aliphatic carbocycles. The monoisotopic (exact) mass is 431 g/mol. The summed E-state index contributed by atoms with van der Waals surface area (Å²) in [6.07, 6.45) is 11.3. The lowest BCUT2D eigenvalue weighted by Gasteiger charge is -2.22. The van der Waals surface area contributed by atoms with E-state index in [-0.39, 0.29) is 19.1 Å². The van der Waals surface area contributed by atoms with Crippen LogP contribution in [0.5, 0.6) is 0 Å². The van der Waals surface area contributed by atoms with Crippen molar-refractivity contribution in [2.24, 2.45) is 0 Å². The average molecular weight is 432 g/mol. The lowest BCUT2D eigenvalue weighted by Crippen LogP contribution is -2.29. The van der Waals surface area contributed by atoms with E-state index in [1.54, 1.807) is 0 Å². The lowest BCUT2D eigenvalue weighted by atomic mass is 10.1. The molecule has 30 heavy (non-hydrogen) atoms. The molecule has 0 bridgehead atoms. The van der Waals surface area contributed by atoms with Crippen LogP contribution in [0.15, 0.2) is 54.3 Å². The number of benzene rings is 1.